The number of methoxy groups -OCH3 is 1. The highest BCUT2D eigenvalue weighted by Gasteiger charge is 2.52. The van der Waals surface area contributed by atoms with E-state index >= 15 is 0 Å². The Labute approximate surface area is 191 Å². The molecule has 0 unspecified atom stereocenters. The molecule has 30 heavy (non-hydrogen) atoms. The zero-order chi connectivity index (χ0) is 21.3. The van der Waals surface area contributed by atoms with Crippen molar-refractivity contribution in [3.05, 3.63) is 69.2 Å². The number of carbonyl (C=O) groups excluding carboxylic acids is 2. The maximum atomic E-state index is 13.0. The standard InChI is InChI=1S/C21H19BrN2O4S2/c1-27-13-8-6-12(7-9-13)10-28-21(26)18-16(30-15-5-3-2-4-14(15)22)11-29-20-17(23)19(25)24(18)20/h2-9,17,20H,10-11,23H2,1H3/t17-,20-/m1/s1. The van der Waals surface area contributed by atoms with Crippen molar-refractivity contribution in [2.75, 3.05) is 12.9 Å². The van der Waals surface area contributed by atoms with Crippen LogP contribution in [0.4, 0.5) is 0 Å². The van der Waals surface area contributed by atoms with Gasteiger partial charge in [0, 0.05) is 20.0 Å². The van der Waals surface area contributed by atoms with Crippen molar-refractivity contribution >= 4 is 51.3 Å². The number of amides is 1. The molecular weight excluding hydrogens is 488 g/mol. The average molecular weight is 507 g/mol. The van der Waals surface area contributed by atoms with Gasteiger partial charge in [-0.25, -0.2) is 4.79 Å². The predicted molar refractivity (Wildman–Crippen MR) is 121 cm³/mol. The molecule has 2 aliphatic heterocycles. The highest BCUT2D eigenvalue weighted by atomic mass is 79.9. The maximum absolute atomic E-state index is 13.0. The molecule has 0 spiro atoms. The number of β-lactam (4-membered cyclic amide) rings is 1. The van der Waals surface area contributed by atoms with Gasteiger partial charge in [0.2, 0.25) is 5.91 Å². The lowest BCUT2D eigenvalue weighted by Crippen LogP contribution is -2.68. The first kappa shape index (κ1) is 21.3. The molecule has 2 atom stereocenters. The van der Waals surface area contributed by atoms with E-state index in [2.05, 4.69) is 15.9 Å². The summed E-state index contributed by atoms with van der Waals surface area (Å²) >= 11 is 6.56. The molecule has 0 aliphatic carbocycles. The Bertz CT molecular complexity index is 1010. The van der Waals surface area contributed by atoms with Crippen molar-refractivity contribution in [2.45, 2.75) is 22.9 Å². The van der Waals surface area contributed by atoms with E-state index in [-0.39, 0.29) is 17.9 Å². The van der Waals surface area contributed by atoms with Gasteiger partial charge in [0.05, 0.1) is 7.11 Å². The topological polar surface area (TPSA) is 81.9 Å². The molecule has 4 rings (SSSR count). The Morgan fingerprint density at radius 1 is 1.27 bits per heavy atom. The number of nitrogens with two attached hydrogens (primary N) is 1. The summed E-state index contributed by atoms with van der Waals surface area (Å²) in [6.07, 6.45) is 0. The molecule has 2 N–H and O–H groups in total. The van der Waals surface area contributed by atoms with Crippen LogP contribution in [0.1, 0.15) is 5.56 Å². The lowest BCUT2D eigenvalue weighted by molar-refractivity contribution is -0.151. The summed E-state index contributed by atoms with van der Waals surface area (Å²) in [4.78, 5) is 28.7. The zero-order valence-corrected chi connectivity index (χ0v) is 19.3. The van der Waals surface area contributed by atoms with E-state index in [0.717, 1.165) is 25.6 Å². The highest BCUT2D eigenvalue weighted by molar-refractivity contribution is 9.10. The van der Waals surface area contributed by atoms with Crippen LogP contribution in [0.15, 0.2) is 68.5 Å². The van der Waals surface area contributed by atoms with Crippen LogP contribution in [0.2, 0.25) is 0 Å². The Balaban J connectivity index is 1.58. The maximum Gasteiger partial charge on any atom is 0.356 e. The Hall–Kier alpha value is -1.94. The van der Waals surface area contributed by atoms with Crippen molar-refractivity contribution in [3.8, 4) is 5.75 Å². The lowest BCUT2D eigenvalue weighted by Gasteiger charge is -2.48. The molecule has 1 fully saturated rings. The largest absolute Gasteiger partial charge is 0.497 e. The second-order valence-corrected chi connectivity index (χ2v) is 9.76. The van der Waals surface area contributed by atoms with Crippen LogP contribution >= 0.6 is 39.5 Å². The summed E-state index contributed by atoms with van der Waals surface area (Å²) in [7, 11) is 1.60. The summed E-state index contributed by atoms with van der Waals surface area (Å²) in [5, 5.41) is -0.232. The van der Waals surface area contributed by atoms with Gasteiger partial charge in [0.15, 0.2) is 0 Å². The third kappa shape index (κ3) is 4.12. The van der Waals surface area contributed by atoms with Crippen molar-refractivity contribution in [1.29, 1.82) is 0 Å². The Morgan fingerprint density at radius 3 is 2.70 bits per heavy atom. The van der Waals surface area contributed by atoms with Crippen LogP contribution < -0.4 is 10.5 Å². The molecule has 9 heteroatoms. The fourth-order valence-electron chi connectivity index (χ4n) is 3.16. The first-order chi connectivity index (χ1) is 14.5. The molecule has 2 aliphatic rings. The zero-order valence-electron chi connectivity index (χ0n) is 16.0. The van der Waals surface area contributed by atoms with Gasteiger partial charge >= 0.3 is 5.97 Å². The Morgan fingerprint density at radius 2 is 2.00 bits per heavy atom. The number of halogens is 1. The number of thioether (sulfide) groups is 2. The van der Waals surface area contributed by atoms with Gasteiger partial charge in [0.1, 0.15) is 29.5 Å². The molecule has 0 bridgehead atoms. The molecule has 0 saturated carbocycles. The predicted octanol–water partition coefficient (Wildman–Crippen LogP) is 3.75. The fourth-order valence-corrected chi connectivity index (χ4v) is 6.12. The van der Waals surface area contributed by atoms with E-state index in [1.165, 1.54) is 16.7 Å². The van der Waals surface area contributed by atoms with Crippen molar-refractivity contribution in [1.82, 2.24) is 4.90 Å². The molecule has 2 aromatic carbocycles. The van der Waals surface area contributed by atoms with Gasteiger partial charge in [-0.15, -0.1) is 11.8 Å². The third-order valence-electron chi connectivity index (χ3n) is 4.77. The number of rotatable bonds is 6. The molecule has 2 aromatic rings. The van der Waals surface area contributed by atoms with Crippen molar-refractivity contribution in [3.63, 3.8) is 0 Å². The molecule has 1 amide bonds. The van der Waals surface area contributed by atoms with Crippen LogP contribution in [0, 0.1) is 0 Å². The van der Waals surface area contributed by atoms with E-state index in [0.29, 0.717) is 11.4 Å². The van der Waals surface area contributed by atoms with Crippen LogP contribution in [0.25, 0.3) is 0 Å². The fraction of sp³-hybridized carbons (Fsp3) is 0.238. The first-order valence-corrected chi connectivity index (χ1v) is 11.8. The summed E-state index contributed by atoms with van der Waals surface area (Å²) in [5.41, 5.74) is 7.06. The molecule has 1 saturated heterocycles. The number of ether oxygens (including phenoxy) is 2. The number of hydrogen-bond donors (Lipinski definition) is 1. The quantitative estimate of drug-likeness (QED) is 0.471. The molecule has 0 radical (unpaired) electrons. The van der Waals surface area contributed by atoms with Crippen molar-refractivity contribution < 1.29 is 19.1 Å². The molecule has 156 valence electrons. The van der Waals surface area contributed by atoms with E-state index in [1.807, 2.05) is 48.5 Å². The number of carbonyl (C=O) groups is 2. The van der Waals surface area contributed by atoms with Crippen LogP contribution in [-0.4, -0.2) is 41.1 Å². The van der Waals surface area contributed by atoms with Gasteiger partial charge < -0.3 is 15.2 Å². The minimum Gasteiger partial charge on any atom is -0.497 e. The highest BCUT2D eigenvalue weighted by Crippen LogP contribution is 2.46. The summed E-state index contributed by atoms with van der Waals surface area (Å²) in [6.45, 7) is 0.102. The number of fused-ring (bicyclic) bond motifs is 1. The van der Waals surface area contributed by atoms with Gasteiger partial charge in [-0.1, -0.05) is 36.0 Å². The van der Waals surface area contributed by atoms with Gasteiger partial charge in [-0.2, -0.15) is 0 Å². The molecular formula is C21H19BrN2O4S2. The number of nitrogens with zero attached hydrogens (tertiary/aromatic N) is 1. The molecule has 2 heterocycles. The van der Waals surface area contributed by atoms with Gasteiger partial charge in [0.25, 0.3) is 0 Å². The number of hydrogen-bond acceptors (Lipinski definition) is 7. The minimum absolute atomic E-state index is 0.102. The summed E-state index contributed by atoms with van der Waals surface area (Å²) in [6, 6.07) is 14.5. The third-order valence-corrected chi connectivity index (χ3v) is 8.36. The average Bonchev–Trinajstić information content (AvgIpc) is 2.78. The Kier molecular flexibility index (Phi) is 6.43. The first-order valence-electron chi connectivity index (χ1n) is 9.15. The smallest absolute Gasteiger partial charge is 0.356 e. The normalized spacial score (nSPS) is 20.5. The number of benzene rings is 2. The summed E-state index contributed by atoms with van der Waals surface area (Å²) in [5.74, 6) is 0.535. The van der Waals surface area contributed by atoms with E-state index in [4.69, 9.17) is 15.2 Å². The van der Waals surface area contributed by atoms with Gasteiger partial charge in [-0.05, 0) is 45.8 Å². The monoisotopic (exact) mass is 506 g/mol. The van der Waals surface area contributed by atoms with E-state index in [1.54, 1.807) is 18.9 Å². The summed E-state index contributed by atoms with van der Waals surface area (Å²) < 4.78 is 11.6. The van der Waals surface area contributed by atoms with Crippen LogP contribution in [-0.2, 0) is 20.9 Å². The number of esters is 1. The van der Waals surface area contributed by atoms with Crippen LogP contribution in [0.3, 0.4) is 0 Å². The SMILES string of the molecule is COc1ccc(COC(=O)C2=C(Sc3ccccc3Br)CS[C@@H]3[C@H](N)C(=O)N23)cc1. The van der Waals surface area contributed by atoms with Crippen LogP contribution in [0.5, 0.6) is 5.75 Å². The second-order valence-electron chi connectivity index (χ2n) is 6.66. The molecule has 6 nitrogen and oxygen atoms in total. The van der Waals surface area contributed by atoms with E-state index < -0.39 is 12.0 Å². The minimum atomic E-state index is -0.589. The van der Waals surface area contributed by atoms with Gasteiger partial charge in [-0.3, -0.25) is 9.69 Å². The molecule has 0 aromatic heterocycles. The van der Waals surface area contributed by atoms with Crippen molar-refractivity contribution in [2.24, 2.45) is 5.73 Å². The second kappa shape index (κ2) is 9.05. The van der Waals surface area contributed by atoms with E-state index in [9.17, 15) is 9.59 Å². The lowest BCUT2D eigenvalue weighted by atomic mass is 10.1.